The number of carbonyl (C=O) groups excluding carboxylic acids is 1. The lowest BCUT2D eigenvalue weighted by molar-refractivity contribution is -0.120. The fourth-order valence-electron chi connectivity index (χ4n) is 5.84. The maximum Gasteiger partial charge on any atom is 0.227 e. The van der Waals surface area contributed by atoms with Gasteiger partial charge in [0.2, 0.25) is 17.7 Å². The predicted molar refractivity (Wildman–Crippen MR) is 171 cm³/mol. The lowest BCUT2D eigenvalue weighted by Gasteiger charge is -2.33. The topological polar surface area (TPSA) is 191 Å². The van der Waals surface area contributed by atoms with Crippen molar-refractivity contribution in [2.45, 2.75) is 50.8 Å². The summed E-state index contributed by atoms with van der Waals surface area (Å²) in [5.41, 5.74) is 2.80. The number of furan rings is 1. The Morgan fingerprint density at radius 2 is 1.85 bits per heavy atom. The standard InChI is InChI=1S/C32H31N7O6S/c40-24-11-10-21(30(42)36-24)39-31(43)19-7-3-8-20(28(19)32(39)44)34-16-27-38-37-26(46-27)14-25(41)35-15-18-6-4-12-33-29(18)23-13-17-5-1-2-9-22(17)45-23/h1-9,12-13,21,24,30,34,36,40,42-44H,10-11,14-16H2,(H,35,41). The monoisotopic (exact) mass is 641 g/mol. The molecule has 1 amide bonds. The lowest BCUT2D eigenvalue weighted by atomic mass is 10.0. The van der Waals surface area contributed by atoms with E-state index in [2.05, 4.69) is 31.1 Å². The third kappa shape index (κ3) is 5.74. The Morgan fingerprint density at radius 3 is 2.70 bits per heavy atom. The number of hydrogen-bond donors (Lipinski definition) is 7. The minimum Gasteiger partial charge on any atom is -0.494 e. The second-order valence-corrected chi connectivity index (χ2v) is 12.2. The molecular formula is C32H31N7O6S. The number of rotatable bonds is 9. The Hall–Kier alpha value is -5.02. The van der Waals surface area contributed by atoms with Crippen molar-refractivity contribution in [3.8, 4) is 23.2 Å². The minimum atomic E-state index is -1.15. The SMILES string of the molecule is O=C(Cc1nnc(CNc2cccc3c(O)n(C4CCC(O)NC4O)c(O)c23)s1)NCc1cccnc1-c1cc2ccccc2o1. The minimum absolute atomic E-state index is 0.0530. The van der Waals surface area contributed by atoms with Crippen LogP contribution in [-0.4, -0.2) is 58.5 Å². The van der Waals surface area contributed by atoms with E-state index in [0.717, 1.165) is 16.5 Å². The smallest absolute Gasteiger partial charge is 0.227 e. The summed E-state index contributed by atoms with van der Waals surface area (Å²) < 4.78 is 7.27. The van der Waals surface area contributed by atoms with Crippen molar-refractivity contribution < 1.29 is 29.6 Å². The highest BCUT2D eigenvalue weighted by atomic mass is 32.1. The van der Waals surface area contributed by atoms with Crippen LogP contribution in [0.1, 0.15) is 34.5 Å². The Bertz CT molecular complexity index is 2010. The lowest BCUT2D eigenvalue weighted by Crippen LogP contribution is -2.47. The van der Waals surface area contributed by atoms with Gasteiger partial charge in [0.1, 0.15) is 33.7 Å². The van der Waals surface area contributed by atoms with E-state index in [0.29, 0.717) is 50.8 Å². The van der Waals surface area contributed by atoms with Gasteiger partial charge in [-0.15, -0.1) is 10.2 Å². The van der Waals surface area contributed by atoms with Crippen molar-refractivity contribution in [2.24, 2.45) is 0 Å². The molecule has 1 aliphatic heterocycles. The molecule has 0 saturated carbocycles. The van der Waals surface area contributed by atoms with Gasteiger partial charge in [0, 0.05) is 34.8 Å². The molecule has 0 bridgehead atoms. The van der Waals surface area contributed by atoms with Gasteiger partial charge in [-0.25, -0.2) is 0 Å². The number of benzene rings is 2. The zero-order valence-corrected chi connectivity index (χ0v) is 25.2. The molecule has 0 radical (unpaired) electrons. The number of fused-ring (bicyclic) bond motifs is 2. The molecule has 13 nitrogen and oxygen atoms in total. The number of hydrogen-bond acceptors (Lipinski definition) is 12. The summed E-state index contributed by atoms with van der Waals surface area (Å²) in [6.45, 7) is 0.529. The van der Waals surface area contributed by atoms with Crippen LogP contribution < -0.4 is 16.0 Å². The number of aromatic hydroxyl groups is 2. The first-order valence-corrected chi connectivity index (χ1v) is 15.6. The van der Waals surface area contributed by atoms with Crippen LogP contribution in [0.2, 0.25) is 0 Å². The number of para-hydroxylation sites is 1. The maximum absolute atomic E-state index is 12.8. The molecule has 7 N–H and O–H groups in total. The Labute approximate surface area is 266 Å². The van der Waals surface area contributed by atoms with Gasteiger partial charge in [0.05, 0.1) is 24.4 Å². The normalized spacial score (nSPS) is 18.3. The molecule has 0 aliphatic carbocycles. The first-order valence-electron chi connectivity index (χ1n) is 14.8. The number of nitrogens with one attached hydrogen (secondary N) is 3. The van der Waals surface area contributed by atoms with Crippen LogP contribution in [-0.2, 0) is 24.3 Å². The maximum atomic E-state index is 12.8. The third-order valence-corrected chi connectivity index (χ3v) is 8.98. The Kier molecular flexibility index (Phi) is 8.00. The number of aliphatic hydroxyl groups excluding tert-OH is 2. The summed E-state index contributed by atoms with van der Waals surface area (Å²) in [6, 6.07) is 17.9. The van der Waals surface area contributed by atoms with Gasteiger partial charge in [-0.05, 0) is 43.2 Å². The molecule has 1 saturated heterocycles. The number of aliphatic hydroxyl groups is 2. The molecule has 14 heteroatoms. The molecule has 46 heavy (non-hydrogen) atoms. The molecule has 4 aromatic heterocycles. The van der Waals surface area contributed by atoms with E-state index in [9.17, 15) is 25.2 Å². The Morgan fingerprint density at radius 1 is 1.00 bits per heavy atom. The molecule has 3 unspecified atom stereocenters. The number of amides is 1. The summed E-state index contributed by atoms with van der Waals surface area (Å²) in [5, 5.41) is 62.4. The summed E-state index contributed by atoms with van der Waals surface area (Å²) in [6.07, 6.45) is 0.436. The van der Waals surface area contributed by atoms with Gasteiger partial charge in [-0.1, -0.05) is 41.7 Å². The van der Waals surface area contributed by atoms with Gasteiger partial charge in [0.15, 0.2) is 5.76 Å². The van der Waals surface area contributed by atoms with Crippen LogP contribution in [0.3, 0.4) is 0 Å². The number of piperidine rings is 1. The second-order valence-electron chi connectivity index (χ2n) is 11.1. The van der Waals surface area contributed by atoms with Crippen LogP contribution in [0.4, 0.5) is 5.69 Å². The van der Waals surface area contributed by atoms with Gasteiger partial charge in [0.25, 0.3) is 0 Å². The largest absolute Gasteiger partial charge is 0.494 e. The van der Waals surface area contributed by atoms with E-state index < -0.39 is 18.5 Å². The quantitative estimate of drug-likeness (QED) is 0.122. The van der Waals surface area contributed by atoms with Crippen molar-refractivity contribution in [3.05, 3.63) is 82.4 Å². The van der Waals surface area contributed by atoms with Gasteiger partial charge in [-0.2, -0.15) is 0 Å². The molecule has 2 aromatic carbocycles. The highest BCUT2D eigenvalue weighted by molar-refractivity contribution is 7.11. The van der Waals surface area contributed by atoms with Gasteiger partial charge >= 0.3 is 0 Å². The molecule has 3 atom stereocenters. The average molecular weight is 642 g/mol. The van der Waals surface area contributed by atoms with Crippen LogP contribution in [0.25, 0.3) is 33.2 Å². The first-order chi connectivity index (χ1) is 22.4. The van der Waals surface area contributed by atoms with Crippen LogP contribution in [0.5, 0.6) is 11.8 Å². The van der Waals surface area contributed by atoms with Crippen molar-refractivity contribution >= 4 is 44.7 Å². The zero-order chi connectivity index (χ0) is 31.8. The van der Waals surface area contributed by atoms with Crippen molar-refractivity contribution in [1.82, 2.24) is 30.4 Å². The van der Waals surface area contributed by atoms with E-state index in [1.54, 1.807) is 24.4 Å². The molecule has 7 rings (SSSR count). The molecule has 0 spiro atoms. The number of aromatic nitrogens is 4. The fraction of sp³-hybridized carbons (Fsp3) is 0.250. The predicted octanol–water partition coefficient (Wildman–Crippen LogP) is 3.74. The summed E-state index contributed by atoms with van der Waals surface area (Å²) in [4.78, 5) is 17.3. The molecular weight excluding hydrogens is 610 g/mol. The van der Waals surface area contributed by atoms with Gasteiger partial charge in [-0.3, -0.25) is 19.7 Å². The highest BCUT2D eigenvalue weighted by Gasteiger charge is 2.33. The number of pyridine rings is 1. The van der Waals surface area contributed by atoms with Crippen LogP contribution in [0, 0.1) is 0 Å². The number of carbonyl (C=O) groups is 1. The number of anilines is 1. The zero-order valence-electron chi connectivity index (χ0n) is 24.4. The fourth-order valence-corrected chi connectivity index (χ4v) is 6.62. The van der Waals surface area contributed by atoms with Crippen molar-refractivity contribution in [2.75, 3.05) is 5.32 Å². The first kappa shape index (κ1) is 29.7. The highest BCUT2D eigenvalue weighted by Crippen LogP contribution is 2.44. The van der Waals surface area contributed by atoms with E-state index in [-0.39, 0.29) is 37.2 Å². The Balaban J connectivity index is 0.995. The van der Waals surface area contributed by atoms with Crippen LogP contribution in [0.15, 0.2) is 71.3 Å². The van der Waals surface area contributed by atoms with Crippen molar-refractivity contribution in [1.29, 1.82) is 0 Å². The van der Waals surface area contributed by atoms with E-state index in [4.69, 9.17) is 4.42 Å². The van der Waals surface area contributed by atoms with E-state index >= 15 is 0 Å². The summed E-state index contributed by atoms with van der Waals surface area (Å²) >= 11 is 1.29. The second kappa shape index (κ2) is 12.4. The van der Waals surface area contributed by atoms with Gasteiger partial charge < -0.3 is 35.5 Å². The molecule has 236 valence electrons. The van der Waals surface area contributed by atoms with Crippen LogP contribution >= 0.6 is 11.3 Å². The summed E-state index contributed by atoms with van der Waals surface area (Å²) in [5.74, 6) is 0.0307. The molecule has 6 aromatic rings. The average Bonchev–Trinajstić information content (AvgIpc) is 3.76. The molecule has 5 heterocycles. The third-order valence-electron chi connectivity index (χ3n) is 8.06. The number of nitrogens with zero attached hydrogens (tertiary/aromatic N) is 4. The van der Waals surface area contributed by atoms with E-state index in [1.165, 1.54) is 15.9 Å². The summed E-state index contributed by atoms with van der Waals surface area (Å²) in [7, 11) is 0. The molecule has 1 aliphatic rings. The van der Waals surface area contributed by atoms with Crippen molar-refractivity contribution in [3.63, 3.8) is 0 Å². The van der Waals surface area contributed by atoms with E-state index in [1.807, 2.05) is 42.5 Å². The molecule has 1 fully saturated rings.